The number of hydrogen-bond donors (Lipinski definition) is 1. The van der Waals surface area contributed by atoms with Crippen molar-refractivity contribution >= 4 is 0 Å². The van der Waals surface area contributed by atoms with Crippen LogP contribution in [0.25, 0.3) is 0 Å². The van der Waals surface area contributed by atoms with Crippen molar-refractivity contribution in [2.75, 3.05) is 6.61 Å². The number of rotatable bonds is 7. The van der Waals surface area contributed by atoms with Gasteiger partial charge in [-0.2, -0.15) is 0 Å². The van der Waals surface area contributed by atoms with Crippen molar-refractivity contribution in [2.45, 2.75) is 52.9 Å². The van der Waals surface area contributed by atoms with Crippen LogP contribution in [0, 0.1) is 5.92 Å². The van der Waals surface area contributed by atoms with Crippen molar-refractivity contribution in [3.05, 3.63) is 11.6 Å². The molecule has 0 radical (unpaired) electrons. The van der Waals surface area contributed by atoms with Crippen LogP contribution in [-0.4, -0.2) is 11.7 Å². The minimum absolute atomic E-state index is 0.212. The highest BCUT2D eigenvalue weighted by Crippen LogP contribution is 2.14. The Morgan fingerprint density at radius 1 is 1.38 bits per heavy atom. The molecular formula is C12H24O. The van der Waals surface area contributed by atoms with Crippen molar-refractivity contribution in [1.29, 1.82) is 0 Å². The van der Waals surface area contributed by atoms with E-state index in [0.717, 1.165) is 17.9 Å². The molecule has 1 nitrogen and oxygen atoms in total. The summed E-state index contributed by atoms with van der Waals surface area (Å²) in [6.07, 6.45) is 8.54. The van der Waals surface area contributed by atoms with Crippen LogP contribution in [0.15, 0.2) is 11.6 Å². The molecule has 0 rings (SSSR count). The summed E-state index contributed by atoms with van der Waals surface area (Å²) < 4.78 is 0. The second-order valence-electron chi connectivity index (χ2n) is 4.03. The first kappa shape index (κ1) is 12.7. The summed E-state index contributed by atoms with van der Waals surface area (Å²) in [6.45, 7) is 6.75. The van der Waals surface area contributed by atoms with Crippen molar-refractivity contribution < 1.29 is 5.11 Å². The summed E-state index contributed by atoms with van der Waals surface area (Å²) in [5.74, 6) is 0.836. The van der Waals surface area contributed by atoms with Crippen LogP contribution in [0.2, 0.25) is 0 Å². The molecule has 0 aromatic carbocycles. The molecule has 0 aliphatic heterocycles. The number of allylic oxidation sites excluding steroid dienone is 1. The Morgan fingerprint density at radius 3 is 2.62 bits per heavy atom. The summed E-state index contributed by atoms with van der Waals surface area (Å²) >= 11 is 0. The van der Waals surface area contributed by atoms with Gasteiger partial charge < -0.3 is 5.11 Å². The van der Waals surface area contributed by atoms with E-state index >= 15 is 0 Å². The normalized spacial score (nSPS) is 14.6. The summed E-state index contributed by atoms with van der Waals surface area (Å²) in [6, 6.07) is 0. The quantitative estimate of drug-likeness (QED) is 0.600. The van der Waals surface area contributed by atoms with Gasteiger partial charge in [-0.05, 0) is 25.7 Å². The molecule has 1 atom stereocenters. The van der Waals surface area contributed by atoms with Gasteiger partial charge in [0.2, 0.25) is 0 Å². The van der Waals surface area contributed by atoms with Gasteiger partial charge in [-0.1, -0.05) is 44.8 Å². The molecule has 0 aliphatic carbocycles. The van der Waals surface area contributed by atoms with Crippen LogP contribution >= 0.6 is 0 Å². The Balaban J connectivity index is 3.41. The van der Waals surface area contributed by atoms with Crippen LogP contribution in [0.1, 0.15) is 52.9 Å². The molecular weight excluding hydrogens is 160 g/mol. The molecule has 0 aromatic heterocycles. The zero-order valence-electron chi connectivity index (χ0n) is 9.34. The fourth-order valence-corrected chi connectivity index (χ4v) is 1.38. The zero-order valence-corrected chi connectivity index (χ0v) is 9.34. The average molecular weight is 184 g/mol. The first-order chi connectivity index (χ1) is 6.20. The fraction of sp³-hybridized carbons (Fsp3) is 0.833. The lowest BCUT2D eigenvalue weighted by atomic mass is 9.98. The highest BCUT2D eigenvalue weighted by Gasteiger charge is 1.99. The SMILES string of the molecule is CCCC[C@H](C)CC/C=C(\C)CO. The molecule has 0 spiro atoms. The van der Waals surface area contributed by atoms with Gasteiger partial charge in [0.25, 0.3) is 0 Å². The average Bonchev–Trinajstić information content (AvgIpc) is 2.14. The largest absolute Gasteiger partial charge is 0.392 e. The number of aliphatic hydroxyl groups excluding tert-OH is 1. The van der Waals surface area contributed by atoms with Gasteiger partial charge >= 0.3 is 0 Å². The van der Waals surface area contributed by atoms with E-state index in [0.29, 0.717) is 0 Å². The van der Waals surface area contributed by atoms with E-state index < -0.39 is 0 Å². The predicted molar refractivity (Wildman–Crippen MR) is 58.8 cm³/mol. The van der Waals surface area contributed by atoms with E-state index in [1.165, 1.54) is 25.7 Å². The van der Waals surface area contributed by atoms with E-state index in [1.807, 2.05) is 6.92 Å². The molecule has 1 N–H and O–H groups in total. The second kappa shape index (κ2) is 8.31. The molecule has 0 amide bonds. The minimum atomic E-state index is 0.212. The first-order valence-electron chi connectivity index (χ1n) is 5.47. The molecule has 0 bridgehead atoms. The summed E-state index contributed by atoms with van der Waals surface area (Å²) in [5, 5.41) is 8.77. The van der Waals surface area contributed by atoms with E-state index in [1.54, 1.807) is 0 Å². The third-order valence-corrected chi connectivity index (χ3v) is 2.45. The van der Waals surface area contributed by atoms with Crippen LogP contribution in [-0.2, 0) is 0 Å². The lowest BCUT2D eigenvalue weighted by Gasteiger charge is -2.08. The summed E-state index contributed by atoms with van der Waals surface area (Å²) in [7, 11) is 0. The Labute approximate surface area is 82.9 Å². The van der Waals surface area contributed by atoms with Gasteiger partial charge in [-0.15, -0.1) is 0 Å². The molecule has 0 heterocycles. The first-order valence-corrected chi connectivity index (χ1v) is 5.47. The monoisotopic (exact) mass is 184 g/mol. The Bertz CT molecular complexity index is 138. The smallest absolute Gasteiger partial charge is 0.0639 e. The third-order valence-electron chi connectivity index (χ3n) is 2.45. The molecule has 13 heavy (non-hydrogen) atoms. The van der Waals surface area contributed by atoms with Crippen molar-refractivity contribution in [3.8, 4) is 0 Å². The Hall–Kier alpha value is -0.300. The summed E-state index contributed by atoms with van der Waals surface area (Å²) in [5.41, 5.74) is 1.10. The van der Waals surface area contributed by atoms with E-state index in [-0.39, 0.29) is 6.61 Å². The van der Waals surface area contributed by atoms with Gasteiger partial charge in [0.15, 0.2) is 0 Å². The van der Waals surface area contributed by atoms with Crippen LogP contribution in [0.4, 0.5) is 0 Å². The van der Waals surface area contributed by atoms with Crippen LogP contribution in [0.5, 0.6) is 0 Å². The standard InChI is InChI=1S/C12H24O/c1-4-5-7-11(2)8-6-9-12(3)10-13/h9,11,13H,4-8,10H2,1-3H3/b12-9+/t11-/m0/s1. The van der Waals surface area contributed by atoms with E-state index in [9.17, 15) is 0 Å². The van der Waals surface area contributed by atoms with Crippen LogP contribution < -0.4 is 0 Å². The highest BCUT2D eigenvalue weighted by atomic mass is 16.3. The molecule has 0 fully saturated rings. The minimum Gasteiger partial charge on any atom is -0.392 e. The Morgan fingerprint density at radius 2 is 2.08 bits per heavy atom. The maximum atomic E-state index is 8.77. The Kier molecular flexibility index (Phi) is 8.11. The van der Waals surface area contributed by atoms with E-state index in [4.69, 9.17) is 5.11 Å². The molecule has 1 heteroatoms. The molecule has 78 valence electrons. The van der Waals surface area contributed by atoms with Crippen molar-refractivity contribution in [2.24, 2.45) is 5.92 Å². The zero-order chi connectivity index (χ0) is 10.1. The molecule has 0 aliphatic rings. The maximum absolute atomic E-state index is 8.77. The maximum Gasteiger partial charge on any atom is 0.0639 e. The molecule has 0 unspecified atom stereocenters. The van der Waals surface area contributed by atoms with Gasteiger partial charge in [-0.25, -0.2) is 0 Å². The van der Waals surface area contributed by atoms with Crippen molar-refractivity contribution in [3.63, 3.8) is 0 Å². The van der Waals surface area contributed by atoms with E-state index in [2.05, 4.69) is 19.9 Å². The topological polar surface area (TPSA) is 20.2 Å². The van der Waals surface area contributed by atoms with Crippen LogP contribution in [0.3, 0.4) is 0 Å². The van der Waals surface area contributed by atoms with Gasteiger partial charge in [0, 0.05) is 0 Å². The highest BCUT2D eigenvalue weighted by molar-refractivity contribution is 4.97. The summed E-state index contributed by atoms with van der Waals surface area (Å²) in [4.78, 5) is 0. The van der Waals surface area contributed by atoms with Crippen molar-refractivity contribution in [1.82, 2.24) is 0 Å². The third kappa shape index (κ3) is 8.04. The second-order valence-corrected chi connectivity index (χ2v) is 4.03. The number of unbranched alkanes of at least 4 members (excludes halogenated alkanes) is 1. The lowest BCUT2D eigenvalue weighted by molar-refractivity contribution is 0.330. The predicted octanol–water partition coefficient (Wildman–Crippen LogP) is 3.53. The van der Waals surface area contributed by atoms with Gasteiger partial charge in [-0.3, -0.25) is 0 Å². The number of hydrogen-bond acceptors (Lipinski definition) is 1. The fourth-order valence-electron chi connectivity index (χ4n) is 1.38. The van der Waals surface area contributed by atoms with Gasteiger partial charge in [0.05, 0.1) is 6.61 Å². The lowest BCUT2D eigenvalue weighted by Crippen LogP contribution is -1.94. The molecule has 0 saturated heterocycles. The number of aliphatic hydroxyl groups is 1. The van der Waals surface area contributed by atoms with Gasteiger partial charge in [0.1, 0.15) is 0 Å². The molecule has 0 saturated carbocycles. The molecule has 0 aromatic rings.